The molecule has 4 aromatic rings. The fourth-order valence-electron chi connectivity index (χ4n) is 2.94. The number of amides is 1. The quantitative estimate of drug-likeness (QED) is 0.391. The fraction of sp³-hybridized carbons (Fsp3) is 0.0435. The molecule has 0 aliphatic carbocycles. The standard InChI is InChI=1S/C23H16Cl2FN3O/c1-14-2-9-18(10-3-14)29-22(13-21(28-29)15-4-7-17(24)8-5-15)27-23(30)16-6-11-20(26)19(25)12-16/h2-13H,1H3,(H,27,30). The van der Waals surface area contributed by atoms with Gasteiger partial charge in [0.1, 0.15) is 11.6 Å². The second-order valence-electron chi connectivity index (χ2n) is 6.75. The molecule has 0 saturated carbocycles. The monoisotopic (exact) mass is 439 g/mol. The Balaban J connectivity index is 1.74. The SMILES string of the molecule is Cc1ccc(-n2nc(-c3ccc(Cl)cc3)cc2NC(=O)c2ccc(F)c(Cl)c2)cc1. The van der Waals surface area contributed by atoms with E-state index in [1.165, 1.54) is 12.1 Å². The van der Waals surface area contributed by atoms with Crippen molar-refractivity contribution in [2.75, 3.05) is 5.32 Å². The van der Waals surface area contributed by atoms with E-state index >= 15 is 0 Å². The summed E-state index contributed by atoms with van der Waals surface area (Å²) in [6.07, 6.45) is 0. The van der Waals surface area contributed by atoms with Crippen molar-refractivity contribution in [3.8, 4) is 16.9 Å². The molecule has 0 fully saturated rings. The maximum Gasteiger partial charge on any atom is 0.256 e. The second kappa shape index (κ2) is 8.30. The van der Waals surface area contributed by atoms with Gasteiger partial charge in [0, 0.05) is 22.2 Å². The molecule has 4 rings (SSSR count). The maximum absolute atomic E-state index is 13.4. The number of hydrogen-bond acceptors (Lipinski definition) is 2. The van der Waals surface area contributed by atoms with Crippen LogP contribution in [-0.4, -0.2) is 15.7 Å². The molecule has 1 N–H and O–H groups in total. The Morgan fingerprint density at radius 3 is 2.33 bits per heavy atom. The number of hydrogen-bond donors (Lipinski definition) is 1. The lowest BCUT2D eigenvalue weighted by molar-refractivity contribution is 0.102. The van der Waals surface area contributed by atoms with Gasteiger partial charge < -0.3 is 5.32 Å². The van der Waals surface area contributed by atoms with Crippen LogP contribution in [0, 0.1) is 12.7 Å². The highest BCUT2D eigenvalue weighted by molar-refractivity contribution is 6.31. The summed E-state index contributed by atoms with van der Waals surface area (Å²) in [5.41, 5.74) is 3.65. The number of aromatic nitrogens is 2. The van der Waals surface area contributed by atoms with E-state index in [1.54, 1.807) is 22.9 Å². The fourth-order valence-corrected chi connectivity index (χ4v) is 3.25. The number of nitrogens with zero attached hydrogens (tertiary/aromatic N) is 2. The molecule has 7 heteroatoms. The number of benzene rings is 3. The number of rotatable bonds is 4. The van der Waals surface area contributed by atoms with Gasteiger partial charge in [-0.25, -0.2) is 9.07 Å². The van der Waals surface area contributed by atoms with Gasteiger partial charge in [0.05, 0.1) is 16.4 Å². The van der Waals surface area contributed by atoms with Crippen molar-refractivity contribution in [1.82, 2.24) is 9.78 Å². The number of anilines is 1. The van der Waals surface area contributed by atoms with Crippen LogP contribution in [-0.2, 0) is 0 Å². The minimum Gasteiger partial charge on any atom is -0.306 e. The van der Waals surface area contributed by atoms with Crippen LogP contribution in [0.4, 0.5) is 10.2 Å². The largest absolute Gasteiger partial charge is 0.306 e. The molecule has 3 aromatic carbocycles. The van der Waals surface area contributed by atoms with E-state index in [4.69, 9.17) is 23.2 Å². The van der Waals surface area contributed by atoms with E-state index in [-0.39, 0.29) is 10.6 Å². The molecule has 0 atom stereocenters. The molecule has 1 amide bonds. The zero-order valence-corrected chi connectivity index (χ0v) is 17.4. The molecule has 1 aromatic heterocycles. The Kier molecular flexibility index (Phi) is 5.57. The van der Waals surface area contributed by atoms with Crippen LogP contribution >= 0.6 is 23.2 Å². The molecule has 0 aliphatic heterocycles. The van der Waals surface area contributed by atoms with Crippen LogP contribution in [0.3, 0.4) is 0 Å². The second-order valence-corrected chi connectivity index (χ2v) is 7.60. The summed E-state index contributed by atoms with van der Waals surface area (Å²) in [4.78, 5) is 12.8. The Morgan fingerprint density at radius 2 is 1.67 bits per heavy atom. The molecule has 0 bridgehead atoms. The molecule has 0 unspecified atom stereocenters. The zero-order chi connectivity index (χ0) is 21.3. The first-order chi connectivity index (χ1) is 14.4. The molecule has 30 heavy (non-hydrogen) atoms. The van der Waals surface area contributed by atoms with Gasteiger partial charge in [-0.05, 0) is 49.4 Å². The molecule has 4 nitrogen and oxygen atoms in total. The third-order valence-corrected chi connectivity index (χ3v) is 5.09. The Hall–Kier alpha value is -3.15. The summed E-state index contributed by atoms with van der Waals surface area (Å²) in [6, 6.07) is 20.6. The first-order valence-electron chi connectivity index (χ1n) is 9.10. The molecule has 150 valence electrons. The first-order valence-corrected chi connectivity index (χ1v) is 9.86. The Labute approximate surface area is 182 Å². The van der Waals surface area contributed by atoms with Crippen molar-refractivity contribution in [2.24, 2.45) is 0 Å². The smallest absolute Gasteiger partial charge is 0.256 e. The van der Waals surface area contributed by atoms with Gasteiger partial charge in [0.15, 0.2) is 0 Å². The van der Waals surface area contributed by atoms with Crippen LogP contribution in [0.5, 0.6) is 0 Å². The van der Waals surface area contributed by atoms with E-state index in [0.717, 1.165) is 22.9 Å². The number of aryl methyl sites for hydroxylation is 1. The van der Waals surface area contributed by atoms with Crippen molar-refractivity contribution >= 4 is 34.9 Å². The van der Waals surface area contributed by atoms with E-state index in [1.807, 2.05) is 43.3 Å². The predicted octanol–water partition coefficient (Wildman–Crippen LogP) is 6.55. The lowest BCUT2D eigenvalue weighted by Gasteiger charge is -2.09. The van der Waals surface area contributed by atoms with Gasteiger partial charge in [-0.15, -0.1) is 0 Å². The van der Waals surface area contributed by atoms with Gasteiger partial charge >= 0.3 is 0 Å². The van der Waals surface area contributed by atoms with Crippen molar-refractivity contribution in [2.45, 2.75) is 6.92 Å². The highest BCUT2D eigenvalue weighted by Crippen LogP contribution is 2.27. The van der Waals surface area contributed by atoms with E-state index in [0.29, 0.717) is 16.5 Å². The Morgan fingerprint density at radius 1 is 0.967 bits per heavy atom. The van der Waals surface area contributed by atoms with Gasteiger partial charge in [-0.2, -0.15) is 5.10 Å². The van der Waals surface area contributed by atoms with Crippen molar-refractivity contribution < 1.29 is 9.18 Å². The van der Waals surface area contributed by atoms with Gasteiger partial charge in [-0.1, -0.05) is 53.0 Å². The Bertz CT molecular complexity index is 1220. The summed E-state index contributed by atoms with van der Waals surface area (Å²) in [5, 5.41) is 8.01. The topological polar surface area (TPSA) is 46.9 Å². The van der Waals surface area contributed by atoms with Crippen LogP contribution in [0.25, 0.3) is 16.9 Å². The summed E-state index contributed by atoms with van der Waals surface area (Å²) >= 11 is 11.8. The van der Waals surface area contributed by atoms with Gasteiger partial charge in [0.2, 0.25) is 0 Å². The van der Waals surface area contributed by atoms with Crippen molar-refractivity contribution in [1.29, 1.82) is 0 Å². The average Bonchev–Trinajstić information content (AvgIpc) is 3.14. The summed E-state index contributed by atoms with van der Waals surface area (Å²) in [5.74, 6) is -0.537. The minimum absolute atomic E-state index is 0.114. The highest BCUT2D eigenvalue weighted by Gasteiger charge is 2.16. The predicted molar refractivity (Wildman–Crippen MR) is 118 cm³/mol. The highest BCUT2D eigenvalue weighted by atomic mass is 35.5. The summed E-state index contributed by atoms with van der Waals surface area (Å²) in [7, 11) is 0. The zero-order valence-electron chi connectivity index (χ0n) is 15.9. The summed E-state index contributed by atoms with van der Waals surface area (Å²) < 4.78 is 15.1. The van der Waals surface area contributed by atoms with Crippen molar-refractivity contribution in [3.05, 3.63) is 99.8 Å². The van der Waals surface area contributed by atoms with Crippen molar-refractivity contribution in [3.63, 3.8) is 0 Å². The van der Waals surface area contributed by atoms with E-state index in [2.05, 4.69) is 10.4 Å². The van der Waals surface area contributed by atoms with Gasteiger partial charge in [-0.3, -0.25) is 4.79 Å². The van der Waals surface area contributed by atoms with Crippen LogP contribution in [0.1, 0.15) is 15.9 Å². The first kappa shape index (κ1) is 20.1. The lowest BCUT2D eigenvalue weighted by atomic mass is 10.1. The summed E-state index contributed by atoms with van der Waals surface area (Å²) in [6.45, 7) is 1.99. The third-order valence-electron chi connectivity index (χ3n) is 4.55. The number of carbonyl (C=O) groups excluding carboxylic acids is 1. The number of halogens is 3. The van der Waals surface area contributed by atoms with Crippen LogP contribution < -0.4 is 5.32 Å². The van der Waals surface area contributed by atoms with E-state index < -0.39 is 11.7 Å². The van der Waals surface area contributed by atoms with Crippen LogP contribution in [0.15, 0.2) is 72.8 Å². The molecule has 0 saturated heterocycles. The maximum atomic E-state index is 13.4. The molecule has 1 heterocycles. The lowest BCUT2D eigenvalue weighted by Crippen LogP contribution is -2.15. The molecular formula is C23H16Cl2FN3O. The van der Waals surface area contributed by atoms with Crippen LogP contribution in [0.2, 0.25) is 10.0 Å². The molecule has 0 aliphatic rings. The van der Waals surface area contributed by atoms with E-state index in [9.17, 15) is 9.18 Å². The van der Waals surface area contributed by atoms with Gasteiger partial charge in [0.25, 0.3) is 5.91 Å². The molecular weight excluding hydrogens is 424 g/mol. The normalized spacial score (nSPS) is 10.8. The molecule has 0 radical (unpaired) electrons. The average molecular weight is 440 g/mol. The molecule has 0 spiro atoms. The minimum atomic E-state index is -0.581. The third kappa shape index (κ3) is 4.22. The number of nitrogens with one attached hydrogen (secondary N) is 1. The number of carbonyl (C=O) groups is 1.